The zero-order valence-electron chi connectivity index (χ0n) is 19.2. The standard InChI is InChI=1S/C25H29N7O/c1-16-7-9-31(10-8-16)21-12-20(25(33)29-18(3)23-27-15-28-30-23)14-32-22(13-26-24(21)32)19-6-4-5-17(2)11-19/h4-6,11-16,18H,7-10H2,1-3H3,(H,29,33)(H,27,28,30)/t18-/m0/s1. The number of benzene rings is 1. The molecule has 3 aromatic heterocycles. The maximum absolute atomic E-state index is 13.3. The van der Waals surface area contributed by atoms with Crippen LogP contribution in [0.5, 0.6) is 0 Å². The van der Waals surface area contributed by atoms with Crippen molar-refractivity contribution in [3.8, 4) is 11.3 Å². The smallest absolute Gasteiger partial charge is 0.253 e. The number of aryl methyl sites for hydroxylation is 1. The topological polar surface area (TPSA) is 91.2 Å². The number of piperidine rings is 1. The van der Waals surface area contributed by atoms with Gasteiger partial charge in [-0.25, -0.2) is 9.97 Å². The molecule has 0 bridgehead atoms. The van der Waals surface area contributed by atoms with Gasteiger partial charge in [0, 0.05) is 24.8 Å². The summed E-state index contributed by atoms with van der Waals surface area (Å²) >= 11 is 0. The Balaban J connectivity index is 1.58. The van der Waals surface area contributed by atoms with E-state index in [0.29, 0.717) is 17.3 Å². The fourth-order valence-electron chi connectivity index (χ4n) is 4.47. The van der Waals surface area contributed by atoms with Crippen LogP contribution >= 0.6 is 0 Å². The van der Waals surface area contributed by atoms with Gasteiger partial charge in [-0.1, -0.05) is 30.7 Å². The molecule has 0 spiro atoms. The minimum atomic E-state index is -0.283. The van der Waals surface area contributed by atoms with Gasteiger partial charge in [-0.3, -0.25) is 14.3 Å². The number of imidazole rings is 1. The number of carbonyl (C=O) groups excluding carboxylic acids is 1. The van der Waals surface area contributed by atoms with Gasteiger partial charge in [0.1, 0.15) is 12.2 Å². The summed E-state index contributed by atoms with van der Waals surface area (Å²) in [4.78, 5) is 24.6. The first kappa shape index (κ1) is 21.2. The summed E-state index contributed by atoms with van der Waals surface area (Å²) in [7, 11) is 0. The summed E-state index contributed by atoms with van der Waals surface area (Å²) < 4.78 is 2.05. The minimum absolute atomic E-state index is 0.156. The number of carbonyl (C=O) groups is 1. The van der Waals surface area contributed by atoms with Crippen molar-refractivity contribution in [2.24, 2.45) is 5.92 Å². The summed E-state index contributed by atoms with van der Waals surface area (Å²) in [5.41, 5.74) is 5.70. The third-order valence-corrected chi connectivity index (χ3v) is 6.48. The Morgan fingerprint density at radius 1 is 1.21 bits per heavy atom. The fraction of sp³-hybridized carbons (Fsp3) is 0.360. The van der Waals surface area contributed by atoms with E-state index in [0.717, 1.165) is 48.5 Å². The lowest BCUT2D eigenvalue weighted by Gasteiger charge is -2.32. The Morgan fingerprint density at radius 3 is 2.76 bits per heavy atom. The number of fused-ring (bicyclic) bond motifs is 1. The molecule has 1 fully saturated rings. The highest BCUT2D eigenvalue weighted by atomic mass is 16.1. The molecule has 33 heavy (non-hydrogen) atoms. The number of hydrogen-bond donors (Lipinski definition) is 2. The van der Waals surface area contributed by atoms with Crippen LogP contribution in [0.15, 0.2) is 49.1 Å². The highest BCUT2D eigenvalue weighted by molar-refractivity contribution is 5.96. The number of hydrogen-bond acceptors (Lipinski definition) is 5. The third kappa shape index (κ3) is 4.20. The average molecular weight is 444 g/mol. The van der Waals surface area contributed by atoms with Crippen molar-refractivity contribution >= 4 is 17.2 Å². The first-order valence-corrected chi connectivity index (χ1v) is 11.5. The molecule has 1 aliphatic rings. The van der Waals surface area contributed by atoms with E-state index in [1.807, 2.05) is 31.5 Å². The van der Waals surface area contributed by atoms with Crippen molar-refractivity contribution in [3.05, 3.63) is 66.0 Å². The van der Waals surface area contributed by atoms with Gasteiger partial charge in [0.05, 0.1) is 29.2 Å². The Kier molecular flexibility index (Phi) is 5.58. The van der Waals surface area contributed by atoms with E-state index in [1.54, 1.807) is 0 Å². The van der Waals surface area contributed by atoms with E-state index in [1.165, 1.54) is 11.9 Å². The van der Waals surface area contributed by atoms with Crippen molar-refractivity contribution in [2.75, 3.05) is 18.0 Å². The molecule has 1 amide bonds. The van der Waals surface area contributed by atoms with Gasteiger partial charge >= 0.3 is 0 Å². The van der Waals surface area contributed by atoms with E-state index in [-0.39, 0.29) is 11.9 Å². The van der Waals surface area contributed by atoms with E-state index < -0.39 is 0 Å². The molecule has 1 saturated heterocycles. The Hall–Kier alpha value is -3.68. The van der Waals surface area contributed by atoms with Crippen LogP contribution in [0.4, 0.5) is 5.69 Å². The molecule has 1 atom stereocenters. The van der Waals surface area contributed by atoms with Crippen LogP contribution in [-0.4, -0.2) is 43.6 Å². The Bertz CT molecular complexity index is 1270. The van der Waals surface area contributed by atoms with E-state index in [2.05, 4.69) is 61.8 Å². The largest absolute Gasteiger partial charge is 0.368 e. The van der Waals surface area contributed by atoms with Gasteiger partial charge in [-0.05, 0) is 44.7 Å². The van der Waals surface area contributed by atoms with Crippen molar-refractivity contribution in [3.63, 3.8) is 0 Å². The number of pyridine rings is 1. The van der Waals surface area contributed by atoms with Crippen molar-refractivity contribution in [1.82, 2.24) is 29.9 Å². The second-order valence-electron chi connectivity index (χ2n) is 9.06. The number of nitrogens with one attached hydrogen (secondary N) is 2. The number of amides is 1. The predicted molar refractivity (Wildman–Crippen MR) is 128 cm³/mol. The van der Waals surface area contributed by atoms with Crippen molar-refractivity contribution in [2.45, 2.75) is 39.7 Å². The SMILES string of the molecule is Cc1cccc(-c2cnc3c(N4CCC(C)CC4)cc(C(=O)N[C@@H](C)c4ncn[nH]4)cn23)c1. The van der Waals surface area contributed by atoms with Gasteiger partial charge in [0.25, 0.3) is 5.91 Å². The van der Waals surface area contributed by atoms with Crippen molar-refractivity contribution < 1.29 is 4.79 Å². The maximum Gasteiger partial charge on any atom is 0.253 e. The second-order valence-corrected chi connectivity index (χ2v) is 9.06. The molecule has 8 nitrogen and oxygen atoms in total. The lowest BCUT2D eigenvalue weighted by atomic mass is 9.99. The lowest BCUT2D eigenvalue weighted by molar-refractivity contribution is 0.0938. The molecule has 2 N–H and O–H groups in total. The highest BCUT2D eigenvalue weighted by Crippen LogP contribution is 2.31. The molecule has 0 aliphatic carbocycles. The molecule has 0 radical (unpaired) electrons. The molecule has 8 heteroatoms. The zero-order valence-corrected chi connectivity index (χ0v) is 19.2. The average Bonchev–Trinajstić information content (AvgIpc) is 3.49. The van der Waals surface area contributed by atoms with Crippen LogP contribution in [0.1, 0.15) is 54.5 Å². The van der Waals surface area contributed by atoms with Gasteiger partial charge < -0.3 is 10.2 Å². The first-order valence-electron chi connectivity index (χ1n) is 11.5. The highest BCUT2D eigenvalue weighted by Gasteiger charge is 2.23. The summed E-state index contributed by atoms with van der Waals surface area (Å²) in [5, 5.41) is 9.74. The second kappa shape index (κ2) is 8.69. The van der Waals surface area contributed by atoms with Crippen LogP contribution in [0.3, 0.4) is 0 Å². The molecule has 1 aromatic carbocycles. The van der Waals surface area contributed by atoms with Gasteiger partial charge in [0.15, 0.2) is 5.65 Å². The summed E-state index contributed by atoms with van der Waals surface area (Å²) in [5.74, 6) is 1.18. The van der Waals surface area contributed by atoms with Crippen LogP contribution in [-0.2, 0) is 0 Å². The molecule has 4 heterocycles. The lowest BCUT2D eigenvalue weighted by Crippen LogP contribution is -2.34. The number of aromatic nitrogens is 5. The first-order chi connectivity index (χ1) is 16.0. The predicted octanol–water partition coefficient (Wildman–Crippen LogP) is 4.16. The van der Waals surface area contributed by atoms with Gasteiger partial charge in [-0.2, -0.15) is 5.10 Å². The van der Waals surface area contributed by atoms with E-state index >= 15 is 0 Å². The van der Waals surface area contributed by atoms with Gasteiger partial charge in [-0.15, -0.1) is 0 Å². The molecule has 0 unspecified atom stereocenters. The van der Waals surface area contributed by atoms with Crippen molar-refractivity contribution in [1.29, 1.82) is 0 Å². The molecule has 0 saturated carbocycles. The number of anilines is 1. The van der Waals surface area contributed by atoms with Crippen LogP contribution in [0, 0.1) is 12.8 Å². The van der Waals surface area contributed by atoms with Gasteiger partial charge in [0.2, 0.25) is 0 Å². The van der Waals surface area contributed by atoms with E-state index in [9.17, 15) is 4.79 Å². The summed E-state index contributed by atoms with van der Waals surface area (Å²) in [6, 6.07) is 10.0. The molecular weight excluding hydrogens is 414 g/mol. The van der Waals surface area contributed by atoms with Crippen LogP contribution < -0.4 is 10.2 Å². The van der Waals surface area contributed by atoms with Crippen LogP contribution in [0.2, 0.25) is 0 Å². The number of H-pyrrole nitrogens is 1. The maximum atomic E-state index is 13.3. The number of rotatable bonds is 5. The Morgan fingerprint density at radius 2 is 2.03 bits per heavy atom. The van der Waals surface area contributed by atoms with E-state index in [4.69, 9.17) is 4.98 Å². The molecule has 4 aromatic rings. The zero-order chi connectivity index (χ0) is 22.9. The van der Waals surface area contributed by atoms with Crippen LogP contribution in [0.25, 0.3) is 16.9 Å². The number of aromatic amines is 1. The summed E-state index contributed by atoms with van der Waals surface area (Å²) in [6.07, 6.45) is 7.50. The molecule has 170 valence electrons. The summed E-state index contributed by atoms with van der Waals surface area (Å²) in [6.45, 7) is 8.19. The monoisotopic (exact) mass is 443 g/mol. The quantitative estimate of drug-likeness (QED) is 0.483. The minimum Gasteiger partial charge on any atom is -0.368 e. The molecule has 1 aliphatic heterocycles. The normalized spacial score (nSPS) is 15.7. The fourth-order valence-corrected chi connectivity index (χ4v) is 4.47. The Labute approximate surface area is 193 Å². The molecule has 5 rings (SSSR count). The molecular formula is C25H29N7O. The third-order valence-electron chi connectivity index (χ3n) is 6.48. The number of nitrogens with zero attached hydrogens (tertiary/aromatic N) is 5.